The van der Waals surface area contributed by atoms with E-state index in [1.165, 1.54) is 12.1 Å². The van der Waals surface area contributed by atoms with Gasteiger partial charge in [0.25, 0.3) is 0 Å². The van der Waals surface area contributed by atoms with Gasteiger partial charge in [-0.1, -0.05) is 0 Å². The van der Waals surface area contributed by atoms with Crippen LogP contribution in [-0.4, -0.2) is 32.3 Å². The zero-order valence-electron chi connectivity index (χ0n) is 13.9. The van der Waals surface area contributed by atoms with Gasteiger partial charge in [-0.3, -0.25) is 4.99 Å². The molecule has 1 aromatic carbocycles. The first-order valence-corrected chi connectivity index (χ1v) is 7.91. The number of aliphatic imine (C=N–C) groups is 1. The van der Waals surface area contributed by atoms with Crippen LogP contribution in [-0.2, 0) is 11.3 Å². The van der Waals surface area contributed by atoms with E-state index < -0.39 is 0 Å². The summed E-state index contributed by atoms with van der Waals surface area (Å²) in [5.74, 6) is 1.23. The highest BCUT2D eigenvalue weighted by Crippen LogP contribution is 2.25. The smallest absolute Gasteiger partial charge is 0.191 e. The zero-order valence-corrected chi connectivity index (χ0v) is 16.2. The largest absolute Gasteiger partial charge is 0.459 e. The first-order valence-electron chi connectivity index (χ1n) is 7.91. The summed E-state index contributed by atoms with van der Waals surface area (Å²) in [5, 5.41) is 7.29. The third-order valence-electron chi connectivity index (χ3n) is 4.16. The molecule has 132 valence electrons. The fourth-order valence-corrected chi connectivity index (χ4v) is 2.81. The molecule has 24 heavy (non-hydrogen) atoms. The lowest BCUT2D eigenvalue weighted by molar-refractivity contribution is 0.114. The van der Waals surface area contributed by atoms with Crippen molar-refractivity contribution in [3.8, 4) is 0 Å². The molecule has 2 heterocycles. The van der Waals surface area contributed by atoms with Crippen LogP contribution in [0.4, 0.5) is 4.39 Å². The minimum Gasteiger partial charge on any atom is -0.459 e. The van der Waals surface area contributed by atoms with E-state index in [4.69, 9.17) is 9.15 Å². The average Bonchev–Trinajstić information content (AvgIpc) is 3.17. The summed E-state index contributed by atoms with van der Waals surface area (Å²) in [6, 6.07) is 4.57. The summed E-state index contributed by atoms with van der Waals surface area (Å²) in [6.45, 7) is 4.01. The standard InChI is InChI=1S/C17H22FN3O2.HI/c1-11-14-8-12(18)5-6-15(14)23-16(11)10-21-17(19-2)20-9-13-4-3-7-22-13;/h5-6,8,13H,3-4,7,9-10H2,1-2H3,(H2,19,20,21);1H. The topological polar surface area (TPSA) is 58.8 Å². The van der Waals surface area contributed by atoms with Crippen molar-refractivity contribution in [2.75, 3.05) is 20.2 Å². The van der Waals surface area contributed by atoms with Crippen molar-refractivity contribution in [2.45, 2.75) is 32.4 Å². The summed E-state index contributed by atoms with van der Waals surface area (Å²) in [7, 11) is 1.73. The molecular formula is C17H23FIN3O2. The molecule has 0 aliphatic carbocycles. The van der Waals surface area contributed by atoms with Gasteiger partial charge in [-0.15, -0.1) is 24.0 Å². The van der Waals surface area contributed by atoms with Crippen LogP contribution in [0, 0.1) is 12.7 Å². The monoisotopic (exact) mass is 447 g/mol. The minimum atomic E-state index is -0.255. The molecule has 0 amide bonds. The van der Waals surface area contributed by atoms with E-state index in [2.05, 4.69) is 15.6 Å². The molecule has 0 radical (unpaired) electrons. The van der Waals surface area contributed by atoms with Crippen LogP contribution in [0.2, 0.25) is 0 Å². The van der Waals surface area contributed by atoms with E-state index in [9.17, 15) is 4.39 Å². The fourth-order valence-electron chi connectivity index (χ4n) is 2.81. The molecule has 0 saturated carbocycles. The molecule has 1 aliphatic rings. The van der Waals surface area contributed by atoms with E-state index >= 15 is 0 Å². The van der Waals surface area contributed by atoms with Gasteiger partial charge in [0.1, 0.15) is 17.2 Å². The molecule has 2 N–H and O–H groups in total. The third-order valence-corrected chi connectivity index (χ3v) is 4.16. The van der Waals surface area contributed by atoms with Crippen LogP contribution in [0.1, 0.15) is 24.2 Å². The molecule has 1 unspecified atom stereocenters. The second-order valence-electron chi connectivity index (χ2n) is 5.73. The average molecular weight is 447 g/mol. The number of nitrogens with zero attached hydrogens (tertiary/aromatic N) is 1. The lowest BCUT2D eigenvalue weighted by Gasteiger charge is -2.14. The molecule has 1 aromatic heterocycles. The Kier molecular flexibility index (Phi) is 6.85. The molecule has 0 bridgehead atoms. The Morgan fingerprint density at radius 1 is 1.38 bits per heavy atom. The maximum absolute atomic E-state index is 13.3. The number of fused-ring (bicyclic) bond motifs is 1. The van der Waals surface area contributed by atoms with Crippen molar-refractivity contribution >= 4 is 40.9 Å². The number of furan rings is 1. The Hall–Kier alpha value is -1.35. The lowest BCUT2D eigenvalue weighted by Crippen LogP contribution is -2.40. The van der Waals surface area contributed by atoms with Gasteiger partial charge in [0.2, 0.25) is 0 Å². The van der Waals surface area contributed by atoms with Gasteiger partial charge in [0, 0.05) is 31.1 Å². The van der Waals surface area contributed by atoms with Gasteiger partial charge >= 0.3 is 0 Å². The molecule has 1 aliphatic heterocycles. The summed E-state index contributed by atoms with van der Waals surface area (Å²) >= 11 is 0. The quantitative estimate of drug-likeness (QED) is 0.429. The Balaban J connectivity index is 0.00000208. The molecule has 7 heteroatoms. The van der Waals surface area contributed by atoms with Crippen LogP contribution in [0.3, 0.4) is 0 Å². The summed E-state index contributed by atoms with van der Waals surface area (Å²) in [5.41, 5.74) is 1.64. The summed E-state index contributed by atoms with van der Waals surface area (Å²) in [6.07, 6.45) is 2.45. The fraction of sp³-hybridized carbons (Fsp3) is 0.471. The highest BCUT2D eigenvalue weighted by atomic mass is 127. The van der Waals surface area contributed by atoms with Crippen LogP contribution in [0.5, 0.6) is 0 Å². The van der Waals surface area contributed by atoms with Crippen LogP contribution < -0.4 is 10.6 Å². The number of nitrogens with one attached hydrogen (secondary N) is 2. The van der Waals surface area contributed by atoms with Gasteiger partial charge in [-0.2, -0.15) is 0 Å². The molecule has 2 aromatic rings. The van der Waals surface area contributed by atoms with Crippen molar-refractivity contribution in [1.82, 2.24) is 10.6 Å². The number of rotatable bonds is 4. The maximum Gasteiger partial charge on any atom is 0.191 e. The lowest BCUT2D eigenvalue weighted by atomic mass is 10.1. The van der Waals surface area contributed by atoms with Gasteiger partial charge in [0.15, 0.2) is 5.96 Å². The van der Waals surface area contributed by atoms with E-state index in [1.54, 1.807) is 13.1 Å². The van der Waals surface area contributed by atoms with E-state index in [0.29, 0.717) is 18.1 Å². The molecule has 1 fully saturated rings. The molecule has 1 atom stereocenters. The van der Waals surface area contributed by atoms with E-state index in [-0.39, 0.29) is 35.9 Å². The Bertz CT molecular complexity index is 711. The van der Waals surface area contributed by atoms with Crippen molar-refractivity contribution < 1.29 is 13.5 Å². The number of aryl methyl sites for hydroxylation is 1. The van der Waals surface area contributed by atoms with Gasteiger partial charge in [-0.05, 0) is 38.0 Å². The minimum absolute atomic E-state index is 0. The Morgan fingerprint density at radius 3 is 2.92 bits per heavy atom. The first kappa shape index (κ1) is 19.0. The molecular weight excluding hydrogens is 424 g/mol. The van der Waals surface area contributed by atoms with Gasteiger partial charge < -0.3 is 19.8 Å². The van der Waals surface area contributed by atoms with Crippen LogP contribution >= 0.6 is 24.0 Å². The first-order chi connectivity index (χ1) is 11.2. The Morgan fingerprint density at radius 2 is 2.21 bits per heavy atom. The summed E-state index contributed by atoms with van der Waals surface area (Å²) in [4.78, 5) is 4.20. The van der Waals surface area contributed by atoms with Gasteiger partial charge in [0.05, 0.1) is 12.6 Å². The number of hydrogen-bond donors (Lipinski definition) is 2. The van der Waals surface area contributed by atoms with Gasteiger partial charge in [-0.25, -0.2) is 4.39 Å². The second-order valence-corrected chi connectivity index (χ2v) is 5.73. The number of benzene rings is 1. The highest BCUT2D eigenvalue weighted by molar-refractivity contribution is 14.0. The van der Waals surface area contributed by atoms with Crippen molar-refractivity contribution in [2.24, 2.45) is 4.99 Å². The normalized spacial score (nSPS) is 17.8. The molecule has 3 rings (SSSR count). The van der Waals surface area contributed by atoms with Crippen molar-refractivity contribution in [3.05, 3.63) is 35.3 Å². The third kappa shape index (κ3) is 4.38. The van der Waals surface area contributed by atoms with Crippen molar-refractivity contribution in [3.63, 3.8) is 0 Å². The van der Waals surface area contributed by atoms with E-state index in [0.717, 1.165) is 42.7 Å². The SMILES string of the molecule is CN=C(NCc1oc2ccc(F)cc2c1C)NCC1CCCO1.I. The van der Waals surface area contributed by atoms with Crippen LogP contribution in [0.15, 0.2) is 27.6 Å². The second kappa shape index (κ2) is 8.66. The van der Waals surface area contributed by atoms with Crippen LogP contribution in [0.25, 0.3) is 11.0 Å². The Labute approximate surface area is 158 Å². The number of halogens is 2. The molecule has 5 nitrogen and oxygen atoms in total. The summed E-state index contributed by atoms with van der Waals surface area (Å²) < 4.78 is 24.7. The van der Waals surface area contributed by atoms with Crippen molar-refractivity contribution in [1.29, 1.82) is 0 Å². The number of ether oxygens (including phenoxy) is 1. The number of guanidine groups is 1. The van der Waals surface area contributed by atoms with E-state index in [1.807, 2.05) is 6.92 Å². The number of hydrogen-bond acceptors (Lipinski definition) is 3. The predicted molar refractivity (Wildman–Crippen MR) is 103 cm³/mol. The molecule has 0 spiro atoms. The predicted octanol–water partition coefficient (Wildman–Crippen LogP) is 3.34. The highest BCUT2D eigenvalue weighted by Gasteiger charge is 2.16. The zero-order chi connectivity index (χ0) is 16.2. The maximum atomic E-state index is 13.3. The molecule has 1 saturated heterocycles.